The van der Waals surface area contributed by atoms with Gasteiger partial charge in [0.2, 0.25) is 0 Å². The van der Waals surface area contributed by atoms with Gasteiger partial charge in [0.15, 0.2) is 17.5 Å². The molecule has 2 heterocycles. The zero-order chi connectivity index (χ0) is 36.3. The van der Waals surface area contributed by atoms with Gasteiger partial charge in [-0.15, -0.1) is 11.3 Å². The number of fused-ring (bicyclic) bond motifs is 9. The van der Waals surface area contributed by atoms with Gasteiger partial charge in [-0.2, -0.15) is 0 Å². The highest BCUT2D eigenvalue weighted by molar-refractivity contribution is 7.25. The van der Waals surface area contributed by atoms with Gasteiger partial charge in [-0.1, -0.05) is 158 Å². The largest absolute Gasteiger partial charge is 0.208 e. The summed E-state index contributed by atoms with van der Waals surface area (Å²) in [5.41, 5.74) is 7.63. The first-order valence-electron chi connectivity index (χ1n) is 18.5. The maximum absolute atomic E-state index is 4.94. The van der Waals surface area contributed by atoms with Crippen molar-refractivity contribution in [1.82, 2.24) is 15.0 Å². The smallest absolute Gasteiger partial charge is 0.164 e. The predicted molar refractivity (Wildman–Crippen MR) is 232 cm³/mol. The minimum absolute atomic E-state index is 0.650. The van der Waals surface area contributed by atoms with Crippen molar-refractivity contribution in [2.24, 2.45) is 0 Å². The van der Waals surface area contributed by atoms with Crippen LogP contribution in [0.1, 0.15) is 0 Å². The number of benzene rings is 9. The molecule has 0 saturated carbocycles. The summed E-state index contributed by atoms with van der Waals surface area (Å²) in [6.07, 6.45) is 0. The Morgan fingerprint density at radius 1 is 0.236 bits per heavy atom. The number of thiophene rings is 1. The van der Waals surface area contributed by atoms with Crippen molar-refractivity contribution in [2.75, 3.05) is 0 Å². The quantitative estimate of drug-likeness (QED) is 0.166. The molecule has 0 radical (unpaired) electrons. The summed E-state index contributed by atoms with van der Waals surface area (Å²) in [5.74, 6) is 1.97. The third-order valence-electron chi connectivity index (χ3n) is 10.7. The molecule has 0 aliphatic rings. The second kappa shape index (κ2) is 12.8. The van der Waals surface area contributed by atoms with Crippen molar-refractivity contribution in [3.63, 3.8) is 0 Å². The molecule has 55 heavy (non-hydrogen) atoms. The fourth-order valence-corrected chi connectivity index (χ4v) is 9.06. The van der Waals surface area contributed by atoms with E-state index in [0.29, 0.717) is 17.5 Å². The van der Waals surface area contributed by atoms with Crippen LogP contribution in [0, 0.1) is 0 Å². The highest BCUT2D eigenvalue weighted by atomic mass is 32.1. The standard InChI is InChI=1S/C51H31N3S/c1-3-11-33(12-4-1)49-52-50(34-13-5-2-6-14-34)54-51(53-49)35-21-19-32(20-22-35)36-23-27-42-44(29-36)40-16-8-7-15-39(40)41-26-24-37(30-45(41)42)38-25-28-48-46(31-38)43-17-9-10-18-47(43)55-48/h1-31H. The van der Waals surface area contributed by atoms with Gasteiger partial charge in [-0.05, 0) is 84.9 Å². The van der Waals surface area contributed by atoms with Crippen molar-refractivity contribution in [1.29, 1.82) is 0 Å². The molecule has 0 fully saturated rings. The minimum Gasteiger partial charge on any atom is -0.208 e. The van der Waals surface area contributed by atoms with Crippen molar-refractivity contribution >= 4 is 63.8 Å². The lowest BCUT2D eigenvalue weighted by Crippen LogP contribution is -2.00. The molecule has 9 aromatic carbocycles. The van der Waals surface area contributed by atoms with Gasteiger partial charge in [-0.3, -0.25) is 0 Å². The number of nitrogens with zero attached hydrogens (tertiary/aromatic N) is 3. The Bertz CT molecular complexity index is 3180. The number of hydrogen-bond donors (Lipinski definition) is 0. The van der Waals surface area contributed by atoms with E-state index in [1.165, 1.54) is 69.2 Å². The monoisotopic (exact) mass is 717 g/mol. The summed E-state index contributed by atoms with van der Waals surface area (Å²) in [6, 6.07) is 67.1. The van der Waals surface area contributed by atoms with Gasteiger partial charge in [0.25, 0.3) is 0 Å². The molecule has 0 aliphatic heterocycles. The second-order valence-corrected chi connectivity index (χ2v) is 15.1. The van der Waals surface area contributed by atoms with Crippen LogP contribution in [-0.4, -0.2) is 15.0 Å². The van der Waals surface area contributed by atoms with Crippen LogP contribution in [0.25, 0.3) is 109 Å². The first kappa shape index (κ1) is 31.5. The zero-order valence-electron chi connectivity index (χ0n) is 29.6. The van der Waals surface area contributed by atoms with E-state index in [4.69, 9.17) is 15.0 Å². The SMILES string of the molecule is c1ccc(-c2nc(-c3ccccc3)nc(-c3ccc(-c4ccc5c(c4)c4ccccc4c4ccc(-c6ccc7sc8ccccc8c7c6)cc45)cc3)n2)cc1. The molecule has 0 bridgehead atoms. The summed E-state index contributed by atoms with van der Waals surface area (Å²) in [7, 11) is 0. The van der Waals surface area contributed by atoms with Gasteiger partial charge < -0.3 is 0 Å². The highest BCUT2D eigenvalue weighted by Crippen LogP contribution is 2.41. The molecule has 0 atom stereocenters. The molecule has 2 aromatic heterocycles. The molecule has 0 aliphatic carbocycles. The van der Waals surface area contributed by atoms with Gasteiger partial charge in [0.1, 0.15) is 0 Å². The zero-order valence-corrected chi connectivity index (χ0v) is 30.5. The summed E-state index contributed by atoms with van der Waals surface area (Å²) < 4.78 is 2.65. The summed E-state index contributed by atoms with van der Waals surface area (Å²) in [4.78, 5) is 14.7. The van der Waals surface area contributed by atoms with Gasteiger partial charge in [0.05, 0.1) is 0 Å². The molecule has 0 amide bonds. The van der Waals surface area contributed by atoms with E-state index in [-0.39, 0.29) is 0 Å². The predicted octanol–water partition coefficient (Wildman–Crippen LogP) is 14.0. The summed E-state index contributed by atoms with van der Waals surface area (Å²) in [6.45, 7) is 0. The van der Waals surface area contributed by atoms with Crippen LogP contribution in [0.15, 0.2) is 188 Å². The van der Waals surface area contributed by atoms with Crippen LogP contribution < -0.4 is 0 Å². The first-order valence-corrected chi connectivity index (χ1v) is 19.3. The second-order valence-electron chi connectivity index (χ2n) is 14.0. The van der Waals surface area contributed by atoms with E-state index in [0.717, 1.165) is 22.3 Å². The summed E-state index contributed by atoms with van der Waals surface area (Å²) in [5, 5.41) is 10.2. The van der Waals surface area contributed by atoms with E-state index in [9.17, 15) is 0 Å². The van der Waals surface area contributed by atoms with Gasteiger partial charge >= 0.3 is 0 Å². The Balaban J connectivity index is 1.01. The summed E-state index contributed by atoms with van der Waals surface area (Å²) >= 11 is 1.86. The Morgan fingerprint density at radius 2 is 0.600 bits per heavy atom. The lowest BCUT2D eigenvalue weighted by molar-refractivity contribution is 1.07. The Labute approximate surface area is 321 Å². The van der Waals surface area contributed by atoms with E-state index in [1.54, 1.807) is 0 Å². The molecular formula is C51H31N3S. The normalized spacial score (nSPS) is 11.6. The van der Waals surface area contributed by atoms with E-state index in [2.05, 4.69) is 127 Å². The third-order valence-corrected chi connectivity index (χ3v) is 11.9. The fourth-order valence-electron chi connectivity index (χ4n) is 7.97. The number of hydrogen-bond acceptors (Lipinski definition) is 4. The van der Waals surface area contributed by atoms with Crippen LogP contribution >= 0.6 is 11.3 Å². The average molecular weight is 718 g/mol. The van der Waals surface area contributed by atoms with Crippen LogP contribution in [0.3, 0.4) is 0 Å². The fraction of sp³-hybridized carbons (Fsp3) is 0. The molecule has 11 rings (SSSR count). The number of rotatable bonds is 5. The van der Waals surface area contributed by atoms with Crippen LogP contribution in [0.5, 0.6) is 0 Å². The highest BCUT2D eigenvalue weighted by Gasteiger charge is 2.15. The molecular weight excluding hydrogens is 687 g/mol. The molecule has 256 valence electrons. The lowest BCUT2D eigenvalue weighted by atomic mass is 9.90. The third kappa shape index (κ3) is 5.46. The average Bonchev–Trinajstić information content (AvgIpc) is 3.65. The minimum atomic E-state index is 0.650. The Kier molecular flexibility index (Phi) is 7.35. The first-order chi connectivity index (χ1) is 27.2. The van der Waals surface area contributed by atoms with Crippen molar-refractivity contribution in [3.8, 4) is 56.4 Å². The van der Waals surface area contributed by atoms with Crippen molar-refractivity contribution in [2.45, 2.75) is 0 Å². The van der Waals surface area contributed by atoms with Gasteiger partial charge in [0, 0.05) is 36.9 Å². The van der Waals surface area contributed by atoms with E-state index >= 15 is 0 Å². The van der Waals surface area contributed by atoms with Crippen molar-refractivity contribution < 1.29 is 0 Å². The van der Waals surface area contributed by atoms with Gasteiger partial charge in [-0.25, -0.2) is 15.0 Å². The number of aromatic nitrogens is 3. The van der Waals surface area contributed by atoms with Crippen LogP contribution in [0.4, 0.5) is 0 Å². The van der Waals surface area contributed by atoms with Crippen molar-refractivity contribution in [3.05, 3.63) is 188 Å². The topological polar surface area (TPSA) is 38.7 Å². The molecule has 3 nitrogen and oxygen atoms in total. The van der Waals surface area contributed by atoms with Crippen LogP contribution in [-0.2, 0) is 0 Å². The van der Waals surface area contributed by atoms with Crippen LogP contribution in [0.2, 0.25) is 0 Å². The Morgan fingerprint density at radius 3 is 1.20 bits per heavy atom. The lowest BCUT2D eigenvalue weighted by Gasteiger charge is -2.14. The molecule has 0 saturated heterocycles. The van der Waals surface area contributed by atoms with E-state index < -0.39 is 0 Å². The molecule has 4 heteroatoms. The molecule has 0 N–H and O–H groups in total. The maximum atomic E-state index is 4.94. The Hall–Kier alpha value is -7.01. The molecule has 11 aromatic rings. The van der Waals surface area contributed by atoms with E-state index in [1.807, 2.05) is 72.0 Å². The maximum Gasteiger partial charge on any atom is 0.164 e. The molecule has 0 unspecified atom stereocenters. The molecule has 0 spiro atoms.